The maximum atomic E-state index is 12.7. The van der Waals surface area contributed by atoms with E-state index in [0.717, 1.165) is 16.6 Å². The second-order valence-electron chi connectivity index (χ2n) is 7.59. The van der Waals surface area contributed by atoms with E-state index < -0.39 is 18.8 Å². The number of aryl methyl sites for hydroxylation is 1. The summed E-state index contributed by atoms with van der Waals surface area (Å²) in [5.41, 5.74) is 1.99. The summed E-state index contributed by atoms with van der Waals surface area (Å²) >= 11 is 1.47. The Morgan fingerprint density at radius 2 is 1.97 bits per heavy atom. The number of rotatable bonds is 10. The normalized spacial score (nSPS) is 12.4. The summed E-state index contributed by atoms with van der Waals surface area (Å²) in [6.45, 7) is 2.74. The van der Waals surface area contributed by atoms with Crippen molar-refractivity contribution < 1.29 is 22.7 Å². The quantitative estimate of drug-likeness (QED) is 0.325. The lowest BCUT2D eigenvalue weighted by Gasteiger charge is -2.21. The number of fused-ring (bicyclic) bond motifs is 1. The Bertz CT molecular complexity index is 1090. The Morgan fingerprint density at radius 3 is 2.65 bits per heavy atom. The molecule has 184 valence electrons. The van der Waals surface area contributed by atoms with Crippen molar-refractivity contribution in [2.75, 3.05) is 30.8 Å². The number of hydrogen-bond donors (Lipinski definition) is 3. The number of nitrogens with zero attached hydrogens (tertiary/aromatic N) is 3. The number of anilines is 2. The lowest BCUT2D eigenvalue weighted by atomic mass is 10.1. The molecule has 3 aromatic rings. The molecular weight excluding hydrogens is 469 g/mol. The first-order valence-electron chi connectivity index (χ1n) is 10.9. The van der Waals surface area contributed by atoms with Gasteiger partial charge in [0.15, 0.2) is 0 Å². The predicted octanol–water partition coefficient (Wildman–Crippen LogP) is 5.36. The van der Waals surface area contributed by atoms with Gasteiger partial charge in [0.25, 0.3) is 0 Å². The summed E-state index contributed by atoms with van der Waals surface area (Å²) in [6, 6.07) is 7.63. The molecule has 0 fully saturated rings. The van der Waals surface area contributed by atoms with Crippen LogP contribution >= 0.6 is 11.3 Å². The third kappa shape index (κ3) is 6.92. The summed E-state index contributed by atoms with van der Waals surface area (Å²) in [6.07, 6.45) is -2.88. The molecule has 12 heteroatoms. The van der Waals surface area contributed by atoms with Crippen molar-refractivity contribution in [3.8, 4) is 10.6 Å². The van der Waals surface area contributed by atoms with E-state index in [1.165, 1.54) is 18.4 Å². The Hall–Kier alpha value is -3.15. The van der Waals surface area contributed by atoms with Gasteiger partial charge in [0.05, 0.1) is 28.1 Å². The second-order valence-corrected chi connectivity index (χ2v) is 8.62. The molecule has 34 heavy (non-hydrogen) atoms. The van der Waals surface area contributed by atoms with Crippen molar-refractivity contribution in [2.24, 2.45) is 0 Å². The summed E-state index contributed by atoms with van der Waals surface area (Å²) in [7, 11) is 1.49. The van der Waals surface area contributed by atoms with Crippen LogP contribution < -0.4 is 16.0 Å². The number of ether oxygens (including phenoxy) is 1. The number of benzene rings is 1. The Balaban J connectivity index is 1.89. The SMILES string of the molecule is CCC(CCCOC(=O)NC)Nc1nc(NCC(F)(F)F)nc(C)c1-c1nc2ccccc2s1. The lowest BCUT2D eigenvalue weighted by Crippen LogP contribution is -2.25. The maximum absolute atomic E-state index is 12.7. The van der Waals surface area contributed by atoms with E-state index in [1.54, 1.807) is 6.92 Å². The van der Waals surface area contributed by atoms with Gasteiger partial charge < -0.3 is 20.7 Å². The van der Waals surface area contributed by atoms with Crippen molar-refractivity contribution in [3.63, 3.8) is 0 Å². The van der Waals surface area contributed by atoms with E-state index in [0.29, 0.717) is 34.9 Å². The molecule has 0 aliphatic heterocycles. The zero-order valence-electron chi connectivity index (χ0n) is 19.1. The van der Waals surface area contributed by atoms with Gasteiger partial charge >= 0.3 is 12.3 Å². The van der Waals surface area contributed by atoms with Crippen LogP contribution in [0.3, 0.4) is 0 Å². The Labute approximate surface area is 199 Å². The number of alkyl halides is 3. The molecule has 0 radical (unpaired) electrons. The first kappa shape index (κ1) is 25.5. The molecule has 8 nitrogen and oxygen atoms in total. The van der Waals surface area contributed by atoms with E-state index in [9.17, 15) is 18.0 Å². The smallest absolute Gasteiger partial charge is 0.406 e. The van der Waals surface area contributed by atoms with Crippen molar-refractivity contribution in [1.82, 2.24) is 20.3 Å². The van der Waals surface area contributed by atoms with Crippen LogP contribution in [0.25, 0.3) is 20.8 Å². The van der Waals surface area contributed by atoms with Crippen LogP contribution in [-0.2, 0) is 4.74 Å². The van der Waals surface area contributed by atoms with Gasteiger partial charge in [-0.3, -0.25) is 0 Å². The van der Waals surface area contributed by atoms with Crippen LogP contribution in [0.5, 0.6) is 0 Å². The third-order valence-electron chi connectivity index (χ3n) is 5.01. The topological polar surface area (TPSA) is 101 Å². The fourth-order valence-electron chi connectivity index (χ4n) is 3.31. The van der Waals surface area contributed by atoms with E-state index in [2.05, 4.69) is 25.9 Å². The fraction of sp³-hybridized carbons (Fsp3) is 0.455. The molecule has 3 rings (SSSR count). The summed E-state index contributed by atoms with van der Waals surface area (Å²) in [5.74, 6) is 0.301. The van der Waals surface area contributed by atoms with Crippen LogP contribution in [0.15, 0.2) is 24.3 Å². The minimum atomic E-state index is -4.40. The van der Waals surface area contributed by atoms with Gasteiger partial charge in [-0.2, -0.15) is 18.2 Å². The molecule has 0 aliphatic carbocycles. The summed E-state index contributed by atoms with van der Waals surface area (Å²) < 4.78 is 44.3. The number of halogens is 3. The first-order valence-corrected chi connectivity index (χ1v) is 11.7. The lowest BCUT2D eigenvalue weighted by molar-refractivity contribution is -0.115. The van der Waals surface area contributed by atoms with Crippen molar-refractivity contribution in [3.05, 3.63) is 30.0 Å². The highest BCUT2D eigenvalue weighted by atomic mass is 32.1. The molecular formula is C22H27F3N6O2S. The summed E-state index contributed by atoms with van der Waals surface area (Å²) in [5, 5.41) is 8.70. The van der Waals surface area contributed by atoms with E-state index in [4.69, 9.17) is 9.72 Å². The zero-order chi connectivity index (χ0) is 24.7. The molecule has 1 atom stereocenters. The van der Waals surface area contributed by atoms with Crippen molar-refractivity contribution in [2.45, 2.75) is 45.3 Å². The molecule has 0 aliphatic rings. The number of thiazole rings is 1. The Morgan fingerprint density at radius 1 is 1.21 bits per heavy atom. The van der Waals surface area contributed by atoms with Crippen LogP contribution in [-0.4, -0.2) is 53.5 Å². The van der Waals surface area contributed by atoms with Gasteiger partial charge in [-0.05, 0) is 38.3 Å². The van der Waals surface area contributed by atoms with E-state index in [-0.39, 0.29) is 18.6 Å². The minimum absolute atomic E-state index is 0.0498. The molecule has 2 heterocycles. The average Bonchev–Trinajstić information content (AvgIpc) is 3.22. The molecule has 1 aromatic carbocycles. The Kier molecular flexibility index (Phi) is 8.48. The largest absolute Gasteiger partial charge is 0.450 e. The second kappa shape index (κ2) is 11.3. The van der Waals surface area contributed by atoms with Crippen LogP contribution in [0, 0.1) is 6.92 Å². The minimum Gasteiger partial charge on any atom is -0.450 e. The van der Waals surface area contributed by atoms with Gasteiger partial charge in [-0.1, -0.05) is 19.1 Å². The zero-order valence-corrected chi connectivity index (χ0v) is 19.9. The number of nitrogens with one attached hydrogen (secondary N) is 3. The van der Waals surface area contributed by atoms with Gasteiger partial charge in [0.2, 0.25) is 5.95 Å². The van der Waals surface area contributed by atoms with Crippen LogP contribution in [0.1, 0.15) is 31.9 Å². The number of carbonyl (C=O) groups excluding carboxylic acids is 1. The van der Waals surface area contributed by atoms with Crippen molar-refractivity contribution >= 4 is 39.4 Å². The van der Waals surface area contributed by atoms with Gasteiger partial charge in [0.1, 0.15) is 17.4 Å². The predicted molar refractivity (Wildman–Crippen MR) is 127 cm³/mol. The number of aromatic nitrogens is 3. The maximum Gasteiger partial charge on any atom is 0.406 e. The van der Waals surface area contributed by atoms with E-state index >= 15 is 0 Å². The number of amides is 1. The number of hydrogen-bond acceptors (Lipinski definition) is 8. The molecule has 0 saturated carbocycles. The molecule has 1 amide bonds. The number of para-hydroxylation sites is 1. The first-order chi connectivity index (χ1) is 16.2. The van der Waals surface area contributed by atoms with Crippen molar-refractivity contribution in [1.29, 1.82) is 0 Å². The number of alkyl carbamates (subject to hydrolysis) is 1. The summed E-state index contributed by atoms with van der Waals surface area (Å²) in [4.78, 5) is 24.6. The van der Waals surface area contributed by atoms with Crippen LogP contribution in [0.4, 0.5) is 29.7 Å². The highest BCUT2D eigenvalue weighted by molar-refractivity contribution is 7.21. The van der Waals surface area contributed by atoms with E-state index in [1.807, 2.05) is 31.2 Å². The van der Waals surface area contributed by atoms with Gasteiger partial charge in [-0.25, -0.2) is 14.8 Å². The monoisotopic (exact) mass is 496 g/mol. The molecule has 1 unspecified atom stereocenters. The van der Waals surface area contributed by atoms with Gasteiger partial charge in [0, 0.05) is 13.1 Å². The highest BCUT2D eigenvalue weighted by Crippen LogP contribution is 2.36. The molecule has 0 bridgehead atoms. The molecule has 0 saturated heterocycles. The molecule has 0 spiro atoms. The molecule has 2 aromatic heterocycles. The van der Waals surface area contributed by atoms with Gasteiger partial charge in [-0.15, -0.1) is 11.3 Å². The average molecular weight is 497 g/mol. The standard InChI is InChI=1S/C22H27F3N6O2S/c1-4-14(8-7-11-33-21(32)26-3)29-18-17(19-30-15-9-5-6-10-16(15)34-19)13(2)28-20(31-18)27-12-22(23,24)25/h5-6,9-10,14H,4,7-8,11-12H2,1-3H3,(H,26,32)(H2,27,28,29,31). The number of carbonyl (C=O) groups is 1. The fourth-order valence-corrected chi connectivity index (χ4v) is 4.37. The van der Waals surface area contributed by atoms with Crippen LogP contribution in [0.2, 0.25) is 0 Å². The highest BCUT2D eigenvalue weighted by Gasteiger charge is 2.28. The third-order valence-corrected chi connectivity index (χ3v) is 6.07. The molecule has 3 N–H and O–H groups in total.